The number of aliphatic hydroxyl groups excluding tert-OH is 1. The average molecular weight is 252 g/mol. The topological polar surface area (TPSA) is 20.2 Å². The maximum Gasteiger partial charge on any atom is 0.123 e. The Hall–Kier alpha value is -0.890. The first-order valence-electron chi connectivity index (χ1n) is 6.82. The molecular weight excluding hydrogens is 227 g/mol. The van der Waals surface area contributed by atoms with Gasteiger partial charge in [0.2, 0.25) is 0 Å². The highest BCUT2D eigenvalue weighted by Gasteiger charge is 2.30. The summed E-state index contributed by atoms with van der Waals surface area (Å²) in [5.74, 6) is 0.285. The molecular formula is C16H25FO. The highest BCUT2D eigenvalue weighted by Crippen LogP contribution is 2.31. The van der Waals surface area contributed by atoms with Crippen LogP contribution in [0.1, 0.15) is 52.5 Å². The molecule has 2 atom stereocenters. The van der Waals surface area contributed by atoms with Crippen LogP contribution in [0.3, 0.4) is 0 Å². The van der Waals surface area contributed by atoms with Gasteiger partial charge in [0.15, 0.2) is 0 Å². The lowest BCUT2D eigenvalue weighted by molar-refractivity contribution is 0.0753. The molecule has 0 aliphatic rings. The molecule has 0 aliphatic heterocycles. The molecule has 2 unspecified atom stereocenters. The molecule has 0 heterocycles. The van der Waals surface area contributed by atoms with E-state index >= 15 is 0 Å². The standard InChI is InChI=1S/C16H25FO/c1-5-6-12(2)11-15(18)16(3,4)13-7-9-14(17)10-8-13/h7-10,12,15,18H,5-6,11H2,1-4H3. The monoisotopic (exact) mass is 252 g/mol. The number of hydrogen-bond acceptors (Lipinski definition) is 1. The van der Waals surface area contributed by atoms with Gasteiger partial charge in [-0.1, -0.05) is 52.7 Å². The van der Waals surface area contributed by atoms with Crippen LogP contribution in [-0.2, 0) is 5.41 Å². The van der Waals surface area contributed by atoms with Crippen LogP contribution in [0.4, 0.5) is 4.39 Å². The minimum Gasteiger partial charge on any atom is -0.392 e. The largest absolute Gasteiger partial charge is 0.392 e. The quantitative estimate of drug-likeness (QED) is 0.800. The van der Waals surface area contributed by atoms with E-state index in [1.807, 2.05) is 13.8 Å². The lowest BCUT2D eigenvalue weighted by atomic mass is 9.76. The Morgan fingerprint density at radius 2 is 1.78 bits per heavy atom. The summed E-state index contributed by atoms with van der Waals surface area (Å²) >= 11 is 0. The second kappa shape index (κ2) is 6.33. The first kappa shape index (κ1) is 15.2. The molecule has 0 aliphatic carbocycles. The summed E-state index contributed by atoms with van der Waals surface area (Å²) in [5.41, 5.74) is 0.649. The number of hydrogen-bond donors (Lipinski definition) is 1. The first-order valence-corrected chi connectivity index (χ1v) is 6.82. The molecule has 0 saturated carbocycles. The molecule has 0 amide bonds. The van der Waals surface area contributed by atoms with Crippen LogP contribution in [0.25, 0.3) is 0 Å². The van der Waals surface area contributed by atoms with E-state index in [0.717, 1.165) is 24.8 Å². The van der Waals surface area contributed by atoms with Crippen molar-refractivity contribution >= 4 is 0 Å². The van der Waals surface area contributed by atoms with Gasteiger partial charge in [-0.15, -0.1) is 0 Å². The molecule has 0 aromatic heterocycles. The summed E-state index contributed by atoms with van der Waals surface area (Å²) in [7, 11) is 0. The second-order valence-corrected chi connectivity index (χ2v) is 5.87. The zero-order chi connectivity index (χ0) is 13.8. The van der Waals surface area contributed by atoms with Gasteiger partial charge < -0.3 is 5.11 Å². The molecule has 1 aromatic carbocycles. The SMILES string of the molecule is CCCC(C)CC(O)C(C)(C)c1ccc(F)cc1. The van der Waals surface area contributed by atoms with Crippen LogP contribution < -0.4 is 0 Å². The Morgan fingerprint density at radius 3 is 2.28 bits per heavy atom. The Bertz CT molecular complexity index is 356. The van der Waals surface area contributed by atoms with Crippen molar-refractivity contribution in [3.63, 3.8) is 0 Å². The third-order valence-corrected chi connectivity index (χ3v) is 3.83. The van der Waals surface area contributed by atoms with E-state index < -0.39 is 6.10 Å². The zero-order valence-corrected chi connectivity index (χ0v) is 11.9. The summed E-state index contributed by atoms with van der Waals surface area (Å²) in [5, 5.41) is 10.4. The summed E-state index contributed by atoms with van der Waals surface area (Å²) < 4.78 is 12.9. The third kappa shape index (κ3) is 3.81. The van der Waals surface area contributed by atoms with Crippen molar-refractivity contribution in [2.75, 3.05) is 0 Å². The van der Waals surface area contributed by atoms with Gasteiger partial charge in [0.25, 0.3) is 0 Å². The summed E-state index contributed by atoms with van der Waals surface area (Å²) in [6.07, 6.45) is 2.67. The number of aliphatic hydroxyl groups is 1. The van der Waals surface area contributed by atoms with Gasteiger partial charge in [-0.2, -0.15) is 0 Å². The lowest BCUT2D eigenvalue weighted by Crippen LogP contribution is -2.35. The van der Waals surface area contributed by atoms with E-state index in [9.17, 15) is 9.50 Å². The Balaban J connectivity index is 2.75. The molecule has 1 rings (SSSR count). The van der Waals surface area contributed by atoms with Crippen molar-refractivity contribution in [2.24, 2.45) is 5.92 Å². The Labute approximate surface area is 110 Å². The normalized spacial score (nSPS) is 15.4. The van der Waals surface area contributed by atoms with Crippen LogP contribution in [0, 0.1) is 11.7 Å². The minimum absolute atomic E-state index is 0.233. The van der Waals surface area contributed by atoms with Gasteiger partial charge >= 0.3 is 0 Å². The van der Waals surface area contributed by atoms with Gasteiger partial charge in [-0.25, -0.2) is 4.39 Å². The molecule has 1 nitrogen and oxygen atoms in total. The van der Waals surface area contributed by atoms with Gasteiger partial charge in [-0.3, -0.25) is 0 Å². The second-order valence-electron chi connectivity index (χ2n) is 5.87. The van der Waals surface area contributed by atoms with Crippen LogP contribution in [0.2, 0.25) is 0 Å². The number of benzene rings is 1. The summed E-state index contributed by atoms with van der Waals surface area (Å²) in [4.78, 5) is 0. The van der Waals surface area contributed by atoms with Crippen molar-refractivity contribution in [2.45, 2.75) is 58.5 Å². The van der Waals surface area contributed by atoms with Gasteiger partial charge in [0, 0.05) is 5.41 Å². The van der Waals surface area contributed by atoms with Crippen molar-refractivity contribution in [1.82, 2.24) is 0 Å². The van der Waals surface area contributed by atoms with E-state index in [4.69, 9.17) is 0 Å². The van der Waals surface area contributed by atoms with E-state index in [-0.39, 0.29) is 11.2 Å². The summed E-state index contributed by atoms with van der Waals surface area (Å²) in [6.45, 7) is 8.37. The summed E-state index contributed by atoms with van der Waals surface area (Å²) in [6, 6.07) is 6.45. The highest BCUT2D eigenvalue weighted by atomic mass is 19.1. The average Bonchev–Trinajstić information content (AvgIpc) is 2.29. The fourth-order valence-electron chi connectivity index (χ4n) is 2.36. The molecule has 1 N–H and O–H groups in total. The Kier molecular flexibility index (Phi) is 5.33. The minimum atomic E-state index is -0.399. The van der Waals surface area contributed by atoms with Gasteiger partial charge in [0.05, 0.1) is 6.10 Å². The molecule has 0 saturated heterocycles. The molecule has 0 fully saturated rings. The highest BCUT2D eigenvalue weighted by molar-refractivity contribution is 5.25. The van der Waals surface area contributed by atoms with Crippen molar-refractivity contribution < 1.29 is 9.50 Å². The van der Waals surface area contributed by atoms with Crippen LogP contribution in [0.5, 0.6) is 0 Å². The first-order chi connectivity index (χ1) is 8.37. The molecule has 0 spiro atoms. The predicted octanol–water partition coefficient (Wildman–Crippen LogP) is 4.29. The lowest BCUT2D eigenvalue weighted by Gasteiger charge is -2.33. The molecule has 18 heavy (non-hydrogen) atoms. The molecule has 0 radical (unpaired) electrons. The fraction of sp³-hybridized carbons (Fsp3) is 0.625. The predicted molar refractivity (Wildman–Crippen MR) is 74.1 cm³/mol. The van der Waals surface area contributed by atoms with E-state index in [2.05, 4.69) is 13.8 Å². The van der Waals surface area contributed by atoms with Crippen LogP contribution in [-0.4, -0.2) is 11.2 Å². The smallest absolute Gasteiger partial charge is 0.123 e. The third-order valence-electron chi connectivity index (χ3n) is 3.83. The maximum atomic E-state index is 12.9. The molecule has 0 bridgehead atoms. The number of halogens is 1. The number of rotatable bonds is 6. The molecule has 102 valence electrons. The Morgan fingerprint density at radius 1 is 1.22 bits per heavy atom. The molecule has 1 aromatic rings. The van der Waals surface area contributed by atoms with Crippen molar-refractivity contribution in [3.05, 3.63) is 35.6 Å². The van der Waals surface area contributed by atoms with E-state index in [1.54, 1.807) is 12.1 Å². The zero-order valence-electron chi connectivity index (χ0n) is 11.9. The molecule has 2 heteroatoms. The van der Waals surface area contributed by atoms with Crippen LogP contribution >= 0.6 is 0 Å². The van der Waals surface area contributed by atoms with Crippen LogP contribution in [0.15, 0.2) is 24.3 Å². The van der Waals surface area contributed by atoms with E-state index in [0.29, 0.717) is 5.92 Å². The van der Waals surface area contributed by atoms with Gasteiger partial charge in [0.1, 0.15) is 5.82 Å². The van der Waals surface area contributed by atoms with E-state index in [1.165, 1.54) is 12.1 Å². The van der Waals surface area contributed by atoms with Gasteiger partial charge in [-0.05, 0) is 30.0 Å². The fourth-order valence-corrected chi connectivity index (χ4v) is 2.36. The maximum absolute atomic E-state index is 12.9. The van der Waals surface area contributed by atoms with Crippen molar-refractivity contribution in [1.29, 1.82) is 0 Å². The van der Waals surface area contributed by atoms with Crippen molar-refractivity contribution in [3.8, 4) is 0 Å².